The van der Waals surface area contributed by atoms with Gasteiger partial charge in [-0.1, -0.05) is 37.3 Å². The van der Waals surface area contributed by atoms with Crippen LogP contribution in [0.4, 0.5) is 0 Å². The average molecular weight is 203 g/mol. The first-order valence-electron chi connectivity index (χ1n) is 6.13. The Labute approximate surface area is 92.9 Å². The summed E-state index contributed by atoms with van der Waals surface area (Å²) in [6, 6.07) is 11.6. The fraction of sp³-hybridized carbons (Fsp3) is 0.571. The molecule has 1 aromatic carbocycles. The highest BCUT2D eigenvalue weighted by molar-refractivity contribution is 5.14. The van der Waals surface area contributed by atoms with Crippen LogP contribution in [0.3, 0.4) is 0 Å². The molecule has 0 bridgehead atoms. The minimum atomic E-state index is 0.772. The second kappa shape index (κ2) is 5.32. The summed E-state index contributed by atoms with van der Waals surface area (Å²) < 4.78 is 0. The van der Waals surface area contributed by atoms with E-state index >= 15 is 0 Å². The van der Waals surface area contributed by atoms with Gasteiger partial charge in [0.1, 0.15) is 0 Å². The summed E-state index contributed by atoms with van der Waals surface area (Å²) in [5, 5.41) is 3.59. The van der Waals surface area contributed by atoms with E-state index in [1.807, 2.05) is 0 Å². The van der Waals surface area contributed by atoms with E-state index in [4.69, 9.17) is 0 Å². The summed E-state index contributed by atoms with van der Waals surface area (Å²) in [7, 11) is 0. The molecule has 82 valence electrons. The molecule has 0 spiro atoms. The minimum Gasteiger partial charge on any atom is -0.314 e. The quantitative estimate of drug-likeness (QED) is 0.793. The number of hydrogen-bond donors (Lipinski definition) is 1. The van der Waals surface area contributed by atoms with Crippen LogP contribution in [0.15, 0.2) is 30.3 Å². The number of hydrogen-bond acceptors (Lipinski definition) is 1. The lowest BCUT2D eigenvalue weighted by Crippen LogP contribution is -2.28. The van der Waals surface area contributed by atoms with E-state index in [0.717, 1.165) is 12.0 Å². The van der Waals surface area contributed by atoms with Crippen molar-refractivity contribution in [2.75, 3.05) is 6.54 Å². The molecule has 1 aromatic rings. The third kappa shape index (κ3) is 3.07. The van der Waals surface area contributed by atoms with Gasteiger partial charge in [0, 0.05) is 6.04 Å². The van der Waals surface area contributed by atoms with Gasteiger partial charge in [0.15, 0.2) is 0 Å². The normalized spacial score (nSPS) is 22.9. The molecule has 1 fully saturated rings. The molecular formula is C14H21N. The minimum absolute atomic E-state index is 0.772. The molecule has 15 heavy (non-hydrogen) atoms. The van der Waals surface area contributed by atoms with E-state index in [0.29, 0.717) is 0 Å². The highest BCUT2D eigenvalue weighted by Crippen LogP contribution is 2.19. The molecule has 0 radical (unpaired) electrons. The van der Waals surface area contributed by atoms with E-state index in [9.17, 15) is 0 Å². The standard InChI is InChI=1S/C14H21N/c1-12(14-8-5-11-15-14)9-10-13-6-3-2-4-7-13/h2-4,6-7,12,14-15H,5,8-11H2,1H3. The van der Waals surface area contributed by atoms with Crippen LogP contribution < -0.4 is 5.32 Å². The van der Waals surface area contributed by atoms with Crippen molar-refractivity contribution in [1.82, 2.24) is 5.32 Å². The molecule has 0 amide bonds. The van der Waals surface area contributed by atoms with Gasteiger partial charge in [-0.05, 0) is 43.7 Å². The zero-order valence-corrected chi connectivity index (χ0v) is 9.58. The zero-order chi connectivity index (χ0) is 10.5. The molecule has 1 aliphatic heterocycles. The molecule has 0 saturated carbocycles. The van der Waals surface area contributed by atoms with Gasteiger partial charge in [-0.15, -0.1) is 0 Å². The van der Waals surface area contributed by atoms with Crippen LogP contribution in [0.25, 0.3) is 0 Å². The van der Waals surface area contributed by atoms with Gasteiger partial charge in [-0.2, -0.15) is 0 Å². The van der Waals surface area contributed by atoms with Crippen LogP contribution in [0.5, 0.6) is 0 Å². The summed E-state index contributed by atoms with van der Waals surface area (Å²) >= 11 is 0. The van der Waals surface area contributed by atoms with Gasteiger partial charge in [0.25, 0.3) is 0 Å². The van der Waals surface area contributed by atoms with E-state index in [2.05, 4.69) is 42.6 Å². The van der Waals surface area contributed by atoms with E-state index in [1.165, 1.54) is 37.8 Å². The zero-order valence-electron chi connectivity index (χ0n) is 9.58. The molecule has 1 N–H and O–H groups in total. The van der Waals surface area contributed by atoms with Crippen molar-refractivity contribution in [2.45, 2.75) is 38.6 Å². The summed E-state index contributed by atoms with van der Waals surface area (Å²) in [6.07, 6.45) is 5.26. The maximum absolute atomic E-state index is 3.59. The van der Waals surface area contributed by atoms with Crippen molar-refractivity contribution in [3.05, 3.63) is 35.9 Å². The fourth-order valence-corrected chi connectivity index (χ4v) is 2.44. The Balaban J connectivity index is 1.77. The molecule has 1 heterocycles. The van der Waals surface area contributed by atoms with Gasteiger partial charge in [0.05, 0.1) is 0 Å². The van der Waals surface area contributed by atoms with E-state index < -0.39 is 0 Å². The molecule has 2 unspecified atom stereocenters. The van der Waals surface area contributed by atoms with Crippen molar-refractivity contribution in [2.24, 2.45) is 5.92 Å². The first-order valence-corrected chi connectivity index (χ1v) is 6.13. The number of benzene rings is 1. The van der Waals surface area contributed by atoms with Crippen molar-refractivity contribution in [3.8, 4) is 0 Å². The Bertz CT molecular complexity index is 275. The van der Waals surface area contributed by atoms with Gasteiger partial charge >= 0.3 is 0 Å². The van der Waals surface area contributed by atoms with Crippen LogP contribution in [0, 0.1) is 5.92 Å². The second-order valence-corrected chi connectivity index (χ2v) is 4.70. The van der Waals surface area contributed by atoms with Crippen LogP contribution in [-0.4, -0.2) is 12.6 Å². The Hall–Kier alpha value is -0.820. The van der Waals surface area contributed by atoms with Crippen LogP contribution >= 0.6 is 0 Å². The summed E-state index contributed by atoms with van der Waals surface area (Å²) in [5.41, 5.74) is 1.47. The van der Waals surface area contributed by atoms with Gasteiger partial charge in [-0.3, -0.25) is 0 Å². The van der Waals surface area contributed by atoms with Gasteiger partial charge in [0.2, 0.25) is 0 Å². The first-order chi connectivity index (χ1) is 7.36. The highest BCUT2D eigenvalue weighted by atomic mass is 14.9. The molecular weight excluding hydrogens is 182 g/mol. The smallest absolute Gasteiger partial charge is 0.00932 e. The molecule has 1 nitrogen and oxygen atoms in total. The predicted octanol–water partition coefficient (Wildman–Crippen LogP) is 3.01. The van der Waals surface area contributed by atoms with Crippen molar-refractivity contribution >= 4 is 0 Å². The van der Waals surface area contributed by atoms with Crippen LogP contribution in [0.2, 0.25) is 0 Å². The first kappa shape index (κ1) is 10.7. The lowest BCUT2D eigenvalue weighted by molar-refractivity contribution is 0.395. The molecule has 1 aliphatic rings. The molecule has 1 heteroatoms. The SMILES string of the molecule is CC(CCc1ccccc1)C1CCCN1. The third-order valence-corrected chi connectivity index (χ3v) is 3.52. The molecule has 0 aromatic heterocycles. The second-order valence-electron chi connectivity index (χ2n) is 4.70. The molecule has 0 aliphatic carbocycles. The van der Waals surface area contributed by atoms with E-state index in [1.54, 1.807) is 0 Å². The summed E-state index contributed by atoms with van der Waals surface area (Å²) in [6.45, 7) is 3.60. The van der Waals surface area contributed by atoms with E-state index in [-0.39, 0.29) is 0 Å². The molecule has 2 atom stereocenters. The number of rotatable bonds is 4. The predicted molar refractivity (Wildman–Crippen MR) is 65.0 cm³/mol. The Kier molecular flexibility index (Phi) is 3.79. The maximum atomic E-state index is 3.59. The lowest BCUT2D eigenvalue weighted by Gasteiger charge is -2.19. The summed E-state index contributed by atoms with van der Waals surface area (Å²) in [4.78, 5) is 0. The Morgan fingerprint density at radius 2 is 2.13 bits per heavy atom. The number of nitrogens with one attached hydrogen (secondary N) is 1. The highest BCUT2D eigenvalue weighted by Gasteiger charge is 2.20. The maximum Gasteiger partial charge on any atom is 0.00932 e. The van der Waals surface area contributed by atoms with Crippen molar-refractivity contribution < 1.29 is 0 Å². The Morgan fingerprint density at radius 3 is 2.80 bits per heavy atom. The van der Waals surface area contributed by atoms with Crippen molar-refractivity contribution in [1.29, 1.82) is 0 Å². The number of aryl methyl sites for hydroxylation is 1. The van der Waals surface area contributed by atoms with Crippen LogP contribution in [-0.2, 0) is 6.42 Å². The fourth-order valence-electron chi connectivity index (χ4n) is 2.44. The Morgan fingerprint density at radius 1 is 1.33 bits per heavy atom. The van der Waals surface area contributed by atoms with Crippen molar-refractivity contribution in [3.63, 3.8) is 0 Å². The summed E-state index contributed by atoms with van der Waals surface area (Å²) in [5.74, 6) is 0.813. The third-order valence-electron chi connectivity index (χ3n) is 3.52. The molecule has 1 saturated heterocycles. The molecule has 2 rings (SSSR count). The topological polar surface area (TPSA) is 12.0 Å². The lowest BCUT2D eigenvalue weighted by atomic mass is 9.93. The van der Waals surface area contributed by atoms with Crippen LogP contribution in [0.1, 0.15) is 31.7 Å². The largest absolute Gasteiger partial charge is 0.314 e. The van der Waals surface area contributed by atoms with Gasteiger partial charge in [-0.25, -0.2) is 0 Å². The average Bonchev–Trinajstić information content (AvgIpc) is 2.81. The monoisotopic (exact) mass is 203 g/mol. The van der Waals surface area contributed by atoms with Gasteiger partial charge < -0.3 is 5.32 Å².